The van der Waals surface area contributed by atoms with E-state index in [9.17, 15) is 9.90 Å². The molecule has 2 saturated heterocycles. The van der Waals surface area contributed by atoms with Crippen LogP contribution in [0.15, 0.2) is 12.4 Å². The molecule has 2 aliphatic rings. The molecule has 9 nitrogen and oxygen atoms in total. The normalized spacial score (nSPS) is 25.8. The lowest BCUT2D eigenvalue weighted by molar-refractivity contribution is -0.0136. The predicted octanol–water partition coefficient (Wildman–Crippen LogP) is 4.18. The average Bonchev–Trinajstić information content (AvgIpc) is 3.25. The molecule has 2 N–H and O–H groups in total. The molecule has 0 spiro atoms. The summed E-state index contributed by atoms with van der Waals surface area (Å²) in [5.41, 5.74) is 0.109. The molecule has 0 radical (unpaired) electrons. The third kappa shape index (κ3) is 5.97. The number of aromatic nitrogens is 3. The van der Waals surface area contributed by atoms with Gasteiger partial charge in [-0.05, 0) is 39.5 Å². The predicted molar refractivity (Wildman–Crippen MR) is 131 cm³/mol. The second kappa shape index (κ2) is 10.3. The first-order valence-electron chi connectivity index (χ1n) is 11.6. The summed E-state index contributed by atoms with van der Waals surface area (Å²) in [5.74, 6) is 0.903. The molecular formula is C23H32ClN5O4S. The van der Waals surface area contributed by atoms with Crippen LogP contribution in [0.2, 0.25) is 5.02 Å². The van der Waals surface area contributed by atoms with Gasteiger partial charge in [0.25, 0.3) is 0 Å². The molecule has 4 rings (SSSR count). The van der Waals surface area contributed by atoms with E-state index in [1.807, 2.05) is 20.8 Å². The minimum atomic E-state index is -0.612. The van der Waals surface area contributed by atoms with Crippen LogP contribution in [0.1, 0.15) is 51.5 Å². The van der Waals surface area contributed by atoms with Crippen molar-refractivity contribution < 1.29 is 19.4 Å². The fourth-order valence-corrected chi connectivity index (χ4v) is 5.68. The second-order valence-electron chi connectivity index (χ2n) is 9.93. The summed E-state index contributed by atoms with van der Waals surface area (Å²) >= 11 is 8.00. The smallest absolute Gasteiger partial charge is 0.410 e. The van der Waals surface area contributed by atoms with Crippen LogP contribution in [0, 0.1) is 5.92 Å². The lowest BCUT2D eigenvalue weighted by atomic mass is 9.87. The first-order chi connectivity index (χ1) is 16.1. The molecule has 0 aliphatic carbocycles. The molecule has 11 heteroatoms. The first-order valence-corrected chi connectivity index (χ1v) is 12.8. The van der Waals surface area contributed by atoms with E-state index in [-0.39, 0.29) is 24.0 Å². The Morgan fingerprint density at radius 1 is 1.32 bits per heavy atom. The van der Waals surface area contributed by atoms with E-state index in [1.54, 1.807) is 28.6 Å². The Balaban J connectivity index is 1.45. The molecule has 0 aromatic carbocycles. The van der Waals surface area contributed by atoms with E-state index < -0.39 is 11.7 Å². The fraction of sp³-hybridized carbons (Fsp3) is 0.652. The molecular weight excluding hydrogens is 478 g/mol. The number of aliphatic hydroxyl groups is 1. The van der Waals surface area contributed by atoms with E-state index in [2.05, 4.69) is 27.2 Å². The highest BCUT2D eigenvalue weighted by Gasteiger charge is 2.33. The number of aliphatic hydroxyl groups excluding tert-OH is 1. The van der Waals surface area contributed by atoms with Crippen molar-refractivity contribution in [3.05, 3.63) is 22.4 Å². The Hall–Kier alpha value is -2.01. The highest BCUT2D eigenvalue weighted by atomic mass is 35.5. The topological polar surface area (TPSA) is 110 Å². The van der Waals surface area contributed by atoms with Crippen molar-refractivity contribution in [2.24, 2.45) is 5.92 Å². The minimum absolute atomic E-state index is 0.171. The van der Waals surface area contributed by atoms with Crippen LogP contribution in [0.5, 0.6) is 0 Å². The van der Waals surface area contributed by atoms with Crippen molar-refractivity contribution in [2.45, 2.75) is 64.2 Å². The number of rotatable bonds is 4. The maximum Gasteiger partial charge on any atom is 0.410 e. The molecule has 2 unspecified atom stereocenters. The zero-order valence-electron chi connectivity index (χ0n) is 20.0. The number of hydrogen-bond acceptors (Lipinski definition) is 9. The van der Waals surface area contributed by atoms with E-state index in [4.69, 9.17) is 21.1 Å². The fourth-order valence-electron chi connectivity index (χ4n) is 4.24. The van der Waals surface area contributed by atoms with Gasteiger partial charge in [-0.2, -0.15) is 0 Å². The Bertz CT molecular complexity index is 1010. The van der Waals surface area contributed by atoms with E-state index in [0.29, 0.717) is 49.4 Å². The van der Waals surface area contributed by atoms with Gasteiger partial charge in [0.15, 0.2) is 0 Å². The van der Waals surface area contributed by atoms with Gasteiger partial charge in [-0.1, -0.05) is 18.5 Å². The van der Waals surface area contributed by atoms with E-state index in [0.717, 1.165) is 16.3 Å². The van der Waals surface area contributed by atoms with Crippen LogP contribution in [0.3, 0.4) is 0 Å². The monoisotopic (exact) mass is 509 g/mol. The summed E-state index contributed by atoms with van der Waals surface area (Å²) in [7, 11) is 0. The number of halogens is 1. The summed E-state index contributed by atoms with van der Waals surface area (Å²) in [6.45, 7) is 9.91. The number of carbonyl (C=O) groups excluding carboxylic acids is 1. The van der Waals surface area contributed by atoms with Gasteiger partial charge in [0.1, 0.15) is 11.3 Å². The molecule has 2 aromatic heterocycles. The SMILES string of the molecule is CC1CN(C(=O)OC(C)(C)C)CCC1c1ncc(-c2nc(N[C@@H]3CCOC[C@H]3O)ncc2Cl)s1. The quantitative estimate of drug-likeness (QED) is 0.631. The molecule has 0 saturated carbocycles. The van der Waals surface area contributed by atoms with Gasteiger partial charge >= 0.3 is 6.09 Å². The number of nitrogens with zero attached hydrogens (tertiary/aromatic N) is 4. The maximum absolute atomic E-state index is 12.5. The number of nitrogens with one attached hydrogen (secondary N) is 1. The molecule has 0 bridgehead atoms. The minimum Gasteiger partial charge on any atom is -0.444 e. The van der Waals surface area contributed by atoms with Gasteiger partial charge in [0, 0.05) is 31.8 Å². The molecule has 34 heavy (non-hydrogen) atoms. The second-order valence-corrected chi connectivity index (χ2v) is 11.4. The van der Waals surface area contributed by atoms with Crippen LogP contribution in [-0.2, 0) is 9.47 Å². The van der Waals surface area contributed by atoms with Gasteiger partial charge in [-0.3, -0.25) is 0 Å². The van der Waals surface area contributed by atoms with Crippen LogP contribution >= 0.6 is 22.9 Å². The van der Waals surface area contributed by atoms with Gasteiger partial charge < -0.3 is 24.8 Å². The van der Waals surface area contributed by atoms with Gasteiger partial charge in [-0.25, -0.2) is 19.7 Å². The number of amides is 1. The van der Waals surface area contributed by atoms with E-state index >= 15 is 0 Å². The van der Waals surface area contributed by atoms with Crippen molar-refractivity contribution >= 4 is 35.0 Å². The Morgan fingerprint density at radius 2 is 2.12 bits per heavy atom. The van der Waals surface area contributed by atoms with Crippen molar-refractivity contribution in [3.8, 4) is 10.6 Å². The molecule has 2 fully saturated rings. The molecule has 1 amide bonds. The molecule has 4 atom stereocenters. The van der Waals surface area contributed by atoms with Crippen LogP contribution < -0.4 is 5.32 Å². The Labute approximate surface area is 208 Å². The summed E-state index contributed by atoms with van der Waals surface area (Å²) in [4.78, 5) is 28.7. The van der Waals surface area contributed by atoms with Gasteiger partial charge in [0.2, 0.25) is 5.95 Å². The summed E-state index contributed by atoms with van der Waals surface area (Å²) in [6, 6.07) is -0.171. The number of ether oxygens (including phenoxy) is 2. The first kappa shape index (κ1) is 25.1. The van der Waals surface area contributed by atoms with Crippen molar-refractivity contribution in [2.75, 3.05) is 31.6 Å². The highest BCUT2D eigenvalue weighted by molar-refractivity contribution is 7.15. The molecule has 2 aliphatic heterocycles. The Morgan fingerprint density at radius 3 is 2.82 bits per heavy atom. The number of carbonyl (C=O) groups is 1. The number of anilines is 1. The molecule has 4 heterocycles. The molecule has 186 valence electrons. The zero-order chi connectivity index (χ0) is 24.5. The van der Waals surface area contributed by atoms with Gasteiger partial charge in [-0.15, -0.1) is 11.3 Å². The molecule has 2 aromatic rings. The number of likely N-dealkylation sites (tertiary alicyclic amines) is 1. The van der Waals surface area contributed by atoms with Crippen LogP contribution in [0.25, 0.3) is 10.6 Å². The summed E-state index contributed by atoms with van der Waals surface area (Å²) in [5, 5.41) is 14.8. The number of piperidine rings is 1. The summed E-state index contributed by atoms with van der Waals surface area (Å²) in [6.07, 6.45) is 3.99. The lowest BCUT2D eigenvalue weighted by Gasteiger charge is -2.36. The third-order valence-corrected chi connectivity index (χ3v) is 7.43. The van der Waals surface area contributed by atoms with Crippen LogP contribution in [-0.4, -0.2) is 75.1 Å². The average molecular weight is 510 g/mol. The zero-order valence-corrected chi connectivity index (χ0v) is 21.5. The van der Waals surface area contributed by atoms with Crippen molar-refractivity contribution in [1.29, 1.82) is 0 Å². The number of hydrogen-bond donors (Lipinski definition) is 2. The van der Waals surface area contributed by atoms with Crippen molar-refractivity contribution in [1.82, 2.24) is 19.9 Å². The largest absolute Gasteiger partial charge is 0.444 e. The maximum atomic E-state index is 12.5. The van der Waals surface area contributed by atoms with E-state index in [1.165, 1.54) is 0 Å². The number of thiazole rings is 1. The standard InChI is InChI=1S/C23H32ClN5O4S/c1-13-11-29(22(31)33-23(2,3)4)7-5-14(13)20-25-10-18(34-20)19-15(24)9-26-21(28-19)27-16-6-8-32-12-17(16)30/h9-10,13-14,16-17,30H,5-8,11-12H2,1-4H3,(H,26,27,28)/t13?,14?,16-,17-/m1/s1. The lowest BCUT2D eigenvalue weighted by Crippen LogP contribution is -2.44. The summed E-state index contributed by atoms with van der Waals surface area (Å²) < 4.78 is 10.8. The third-order valence-electron chi connectivity index (χ3n) is 6.02. The van der Waals surface area contributed by atoms with Gasteiger partial charge in [0.05, 0.1) is 39.9 Å². The Kier molecular flexibility index (Phi) is 7.61. The highest BCUT2D eigenvalue weighted by Crippen LogP contribution is 2.39. The van der Waals surface area contributed by atoms with Crippen molar-refractivity contribution in [3.63, 3.8) is 0 Å². The van der Waals surface area contributed by atoms with Crippen LogP contribution in [0.4, 0.5) is 10.7 Å².